The number of carbonyl (C=O) groups is 2. The van der Waals surface area contributed by atoms with Crippen molar-refractivity contribution in [3.05, 3.63) is 20.9 Å². The van der Waals surface area contributed by atoms with Crippen LogP contribution in [0.15, 0.2) is 10.2 Å². The van der Waals surface area contributed by atoms with E-state index in [1.54, 1.807) is 0 Å². The molecule has 21 heteroatoms. The maximum Gasteiger partial charge on any atom is 1.00 e. The van der Waals surface area contributed by atoms with Crippen LogP contribution in [0.5, 0.6) is 0 Å². The summed E-state index contributed by atoms with van der Waals surface area (Å²) in [5.41, 5.74) is 13.3. The largest absolute Gasteiger partial charge is 1.00 e. The number of hydrogen-bond donors (Lipinski definition) is 4. The standard InChI is InChI=1S/C16H30N7O7P.2Na.H3O3P/c17-22-20-12-5-1-3-8-14(24)19-11-7-10-16(26,31(27,28)29)30-15(25)9-4-2-6-13-21-23-18;;;1-4(2)3/h26H,1-13H2,(H,19,24)(H2,27,28,29);;;4H,(H2,1,2,3)/q;2*+1;/p-2. The summed E-state index contributed by atoms with van der Waals surface area (Å²) in [6, 6.07) is 0. The van der Waals surface area contributed by atoms with E-state index in [1.165, 1.54) is 0 Å². The van der Waals surface area contributed by atoms with Gasteiger partial charge in [0.05, 0.1) is 0 Å². The van der Waals surface area contributed by atoms with Gasteiger partial charge in [-0.3, -0.25) is 14.2 Å². The maximum atomic E-state index is 11.8. The Morgan fingerprint density at radius 3 is 1.84 bits per heavy atom. The minimum absolute atomic E-state index is 0. The molecule has 37 heavy (non-hydrogen) atoms. The summed E-state index contributed by atoms with van der Waals surface area (Å²) in [5, 5.41) is 19.5. The van der Waals surface area contributed by atoms with Crippen LogP contribution < -0.4 is 74.2 Å². The number of nitrogens with zero attached hydrogens (tertiary/aromatic N) is 6. The predicted octanol–water partition coefficient (Wildman–Crippen LogP) is -4.90. The van der Waals surface area contributed by atoms with Crippen LogP contribution in [0.4, 0.5) is 0 Å². The normalized spacial score (nSPS) is 11.6. The van der Waals surface area contributed by atoms with Crippen LogP contribution in [-0.4, -0.2) is 51.9 Å². The van der Waals surface area contributed by atoms with E-state index < -0.39 is 33.8 Å². The molecule has 0 fully saturated rings. The van der Waals surface area contributed by atoms with Crippen molar-refractivity contribution in [2.45, 2.75) is 69.7 Å². The minimum Gasteiger partial charge on any atom is -0.813 e. The molecule has 0 aliphatic rings. The Labute approximate surface area is 259 Å². The van der Waals surface area contributed by atoms with Gasteiger partial charge in [0.1, 0.15) is 0 Å². The number of azide groups is 2. The molecule has 0 bridgehead atoms. The summed E-state index contributed by atoms with van der Waals surface area (Å²) < 4.78 is 24.8. The first-order valence-corrected chi connectivity index (χ1v) is 13.4. The van der Waals surface area contributed by atoms with Gasteiger partial charge in [-0.2, -0.15) is 0 Å². The molecular weight excluding hydrogens is 558 g/mol. The zero-order valence-corrected chi connectivity index (χ0v) is 26.9. The van der Waals surface area contributed by atoms with Crippen LogP contribution in [0.3, 0.4) is 0 Å². The van der Waals surface area contributed by atoms with E-state index in [1.807, 2.05) is 0 Å². The number of aliphatic hydroxyl groups is 1. The molecule has 202 valence electrons. The van der Waals surface area contributed by atoms with E-state index in [4.69, 9.17) is 25.4 Å². The number of carbonyl (C=O) groups excluding carboxylic acids is 2. The van der Waals surface area contributed by atoms with Gasteiger partial charge in [0.25, 0.3) is 0 Å². The number of nitrogens with one attached hydrogen (secondary N) is 1. The van der Waals surface area contributed by atoms with E-state index in [-0.39, 0.29) is 97.4 Å². The van der Waals surface area contributed by atoms with Gasteiger partial charge in [0.15, 0.2) is 0 Å². The number of hydrogen-bond acceptors (Lipinski definition) is 10. The Kier molecular flexibility index (Phi) is 32.5. The van der Waals surface area contributed by atoms with Gasteiger partial charge in [-0.25, -0.2) is 0 Å². The van der Waals surface area contributed by atoms with Crippen LogP contribution in [-0.2, 0) is 23.5 Å². The number of ether oxygens (including phenoxy) is 1. The van der Waals surface area contributed by atoms with Crippen molar-refractivity contribution in [2.24, 2.45) is 10.2 Å². The van der Waals surface area contributed by atoms with Crippen LogP contribution in [0.2, 0.25) is 0 Å². The third-order valence-electron chi connectivity index (χ3n) is 4.16. The third-order valence-corrected chi connectivity index (χ3v) is 5.39. The zero-order chi connectivity index (χ0) is 27.2. The van der Waals surface area contributed by atoms with Gasteiger partial charge in [-0.15, -0.1) is 0 Å². The van der Waals surface area contributed by atoms with Crippen molar-refractivity contribution in [1.82, 2.24) is 5.32 Å². The Morgan fingerprint density at radius 1 is 0.946 bits per heavy atom. The van der Waals surface area contributed by atoms with E-state index in [2.05, 4.69) is 30.1 Å². The molecule has 0 heterocycles. The SMILES string of the molecule is O=[PH]([O-])[O-].[N-]=[N+]=NCCCCCC(=O)NCCCC(O)(OC(=O)CCCCCN=[N+]=[N-])P(=O)(O)O.[Na+].[Na+]. The topological polar surface area (TPSA) is 294 Å². The molecule has 4 N–H and O–H groups in total. The van der Waals surface area contributed by atoms with Crippen molar-refractivity contribution >= 4 is 27.7 Å². The van der Waals surface area contributed by atoms with E-state index in [0.717, 1.165) is 0 Å². The average Bonchev–Trinajstić information content (AvgIpc) is 2.75. The molecule has 17 nitrogen and oxygen atoms in total. The molecule has 0 saturated heterocycles. The van der Waals surface area contributed by atoms with E-state index >= 15 is 0 Å². The molecule has 0 aromatic carbocycles. The molecule has 0 rings (SSSR count). The number of amides is 1. The second-order valence-electron chi connectivity index (χ2n) is 7.00. The molecule has 0 spiro atoms. The maximum absolute atomic E-state index is 11.8. The van der Waals surface area contributed by atoms with Crippen LogP contribution in [0, 0.1) is 0 Å². The van der Waals surface area contributed by atoms with Crippen molar-refractivity contribution in [1.29, 1.82) is 0 Å². The van der Waals surface area contributed by atoms with Crippen LogP contribution in [0.1, 0.15) is 64.2 Å². The molecule has 0 radical (unpaired) electrons. The van der Waals surface area contributed by atoms with Crippen molar-refractivity contribution in [3.63, 3.8) is 0 Å². The summed E-state index contributed by atoms with van der Waals surface area (Å²) in [6.45, 7) is 0.684. The third kappa shape index (κ3) is 28.6. The van der Waals surface area contributed by atoms with Gasteiger partial charge >= 0.3 is 78.2 Å². The Bertz CT molecular complexity index is 807. The van der Waals surface area contributed by atoms with Crippen LogP contribution in [0.25, 0.3) is 20.9 Å². The first-order valence-electron chi connectivity index (χ1n) is 10.6. The first-order chi connectivity index (χ1) is 16.4. The summed E-state index contributed by atoms with van der Waals surface area (Å²) in [6.07, 6.45) is 2.93. The van der Waals surface area contributed by atoms with E-state index in [0.29, 0.717) is 45.1 Å². The van der Waals surface area contributed by atoms with Crippen LogP contribution >= 0.6 is 15.9 Å². The smallest absolute Gasteiger partial charge is 0.813 e. The van der Waals surface area contributed by atoms with Gasteiger partial charge in [0, 0.05) is 48.7 Å². The molecule has 0 aliphatic heterocycles. The fourth-order valence-corrected chi connectivity index (χ4v) is 3.16. The van der Waals surface area contributed by atoms with Crippen molar-refractivity contribution < 1.29 is 107 Å². The molecule has 1 unspecified atom stereocenters. The summed E-state index contributed by atoms with van der Waals surface area (Å²) in [7, 11) is -8.81. The number of rotatable bonds is 18. The fraction of sp³-hybridized carbons (Fsp3) is 0.875. The monoisotopic (exact) mass is 589 g/mol. The molecule has 1 amide bonds. The quantitative estimate of drug-likeness (QED) is 0.0173. The Hall–Kier alpha value is -0.180. The number of unbranched alkanes of at least 4 members (excludes halogenated alkanes) is 4. The predicted molar refractivity (Wildman–Crippen MR) is 119 cm³/mol. The summed E-state index contributed by atoms with van der Waals surface area (Å²) in [5.74, 6) is -1.22. The number of esters is 1. The van der Waals surface area contributed by atoms with Crippen molar-refractivity contribution in [2.75, 3.05) is 19.6 Å². The fourth-order valence-electron chi connectivity index (χ4n) is 2.49. The Morgan fingerprint density at radius 2 is 1.41 bits per heavy atom. The Balaban J connectivity index is -0.000000840. The zero-order valence-electron chi connectivity index (χ0n) is 21.0. The molecule has 0 aromatic rings. The minimum atomic E-state index is -5.18. The average molecular weight is 589 g/mol. The van der Waals surface area contributed by atoms with Crippen molar-refractivity contribution in [3.8, 4) is 0 Å². The molecular formula is C16H31N7Na2O10P2. The van der Waals surface area contributed by atoms with Gasteiger partial charge in [-0.05, 0) is 43.2 Å². The van der Waals surface area contributed by atoms with E-state index in [9.17, 15) is 29.0 Å². The molecule has 0 aromatic heterocycles. The van der Waals surface area contributed by atoms with Gasteiger partial charge < -0.3 is 39.3 Å². The second kappa shape index (κ2) is 27.4. The first kappa shape index (κ1) is 43.9. The van der Waals surface area contributed by atoms with Gasteiger partial charge in [-0.1, -0.05) is 31.3 Å². The second-order valence-corrected chi connectivity index (χ2v) is 9.28. The van der Waals surface area contributed by atoms with Gasteiger partial charge in [0.2, 0.25) is 5.91 Å². The molecule has 0 saturated carbocycles. The summed E-state index contributed by atoms with van der Waals surface area (Å²) in [4.78, 5) is 64.6. The molecule has 0 aliphatic carbocycles. The summed E-state index contributed by atoms with van der Waals surface area (Å²) >= 11 is 0. The molecule has 1 atom stereocenters.